The molecule has 1 aliphatic carbocycles. The molecule has 1 saturated carbocycles. The Morgan fingerprint density at radius 2 is 1.97 bits per heavy atom. The summed E-state index contributed by atoms with van der Waals surface area (Å²) < 4.78 is 2.00. The number of anilines is 2. The van der Waals surface area contributed by atoms with Crippen LogP contribution in [0, 0.1) is 6.92 Å². The third kappa shape index (κ3) is 4.60. The van der Waals surface area contributed by atoms with Gasteiger partial charge in [0, 0.05) is 41.6 Å². The first-order valence-electron chi connectivity index (χ1n) is 11.7. The summed E-state index contributed by atoms with van der Waals surface area (Å²) in [5.74, 6) is -0.0835. The lowest BCUT2D eigenvalue weighted by atomic mass is 9.98. The number of hydrogen-bond donors (Lipinski definition) is 2. The summed E-state index contributed by atoms with van der Waals surface area (Å²) in [7, 11) is 0. The molecular formula is C27H29N5O. The first-order chi connectivity index (χ1) is 16.1. The van der Waals surface area contributed by atoms with Gasteiger partial charge in [-0.05, 0) is 61.6 Å². The number of carbonyl (C=O) groups is 1. The summed E-state index contributed by atoms with van der Waals surface area (Å²) in [6.45, 7) is 5.19. The standard InChI is InChI=1S/C27H29N5O/c1-3-4-12-32-17-19(15-29-32)22-14-23-25(13-18(22)2)28-16-24(27(33)31-21-10-11-21)26(23)30-20-8-6-5-7-9-20/h5-9,13-17,21H,3-4,10-12H2,1-2H3,(H,28,30)(H,31,33). The Morgan fingerprint density at radius 3 is 2.73 bits per heavy atom. The molecule has 1 fully saturated rings. The zero-order valence-corrected chi connectivity index (χ0v) is 19.1. The van der Waals surface area contributed by atoms with Gasteiger partial charge in [-0.15, -0.1) is 0 Å². The van der Waals surface area contributed by atoms with Gasteiger partial charge >= 0.3 is 0 Å². The van der Waals surface area contributed by atoms with Crippen molar-refractivity contribution in [2.75, 3.05) is 5.32 Å². The number of carbonyl (C=O) groups excluding carboxylic acids is 1. The van der Waals surface area contributed by atoms with E-state index in [2.05, 4.69) is 52.9 Å². The Bertz CT molecular complexity index is 1290. The van der Waals surface area contributed by atoms with Gasteiger partial charge in [-0.3, -0.25) is 14.5 Å². The van der Waals surface area contributed by atoms with Gasteiger partial charge in [0.2, 0.25) is 0 Å². The van der Waals surface area contributed by atoms with E-state index in [9.17, 15) is 4.79 Å². The van der Waals surface area contributed by atoms with E-state index in [0.717, 1.165) is 71.2 Å². The van der Waals surface area contributed by atoms with Crippen LogP contribution in [0.1, 0.15) is 48.5 Å². The molecule has 5 rings (SSSR count). The van der Waals surface area contributed by atoms with Gasteiger partial charge in [0.05, 0.1) is 23.0 Å². The second kappa shape index (κ2) is 9.06. The summed E-state index contributed by atoms with van der Waals surface area (Å²) in [6, 6.07) is 14.5. The monoisotopic (exact) mass is 439 g/mol. The molecule has 2 N–H and O–H groups in total. The van der Waals surface area contributed by atoms with Crippen molar-refractivity contribution in [3.05, 3.63) is 72.2 Å². The Kier molecular flexibility index (Phi) is 5.82. The van der Waals surface area contributed by atoms with Crippen LogP contribution in [0.2, 0.25) is 0 Å². The molecule has 1 aliphatic rings. The Labute approximate surface area is 194 Å². The van der Waals surface area contributed by atoms with Gasteiger partial charge in [0.15, 0.2) is 0 Å². The maximum atomic E-state index is 13.1. The second-order valence-electron chi connectivity index (χ2n) is 8.82. The van der Waals surface area contributed by atoms with Gasteiger partial charge in [-0.1, -0.05) is 31.5 Å². The van der Waals surface area contributed by atoms with Crippen molar-refractivity contribution in [2.24, 2.45) is 0 Å². The number of aromatic nitrogens is 3. The first kappa shape index (κ1) is 21.2. The Morgan fingerprint density at radius 1 is 1.15 bits per heavy atom. The largest absolute Gasteiger partial charge is 0.354 e. The molecule has 0 saturated heterocycles. The van der Waals surface area contributed by atoms with Crippen LogP contribution in [0.4, 0.5) is 11.4 Å². The van der Waals surface area contributed by atoms with Crippen LogP contribution in [0.15, 0.2) is 61.1 Å². The highest BCUT2D eigenvalue weighted by atomic mass is 16.1. The smallest absolute Gasteiger partial charge is 0.255 e. The fraction of sp³-hybridized carbons (Fsp3) is 0.296. The molecule has 33 heavy (non-hydrogen) atoms. The molecule has 2 aromatic carbocycles. The summed E-state index contributed by atoms with van der Waals surface area (Å²) in [6.07, 6.45) is 10.0. The number of fused-ring (bicyclic) bond motifs is 1. The quantitative estimate of drug-likeness (QED) is 0.362. The van der Waals surface area contributed by atoms with Crippen LogP contribution in [0.25, 0.3) is 22.0 Å². The van der Waals surface area contributed by atoms with E-state index in [4.69, 9.17) is 0 Å². The molecule has 6 heteroatoms. The van der Waals surface area contributed by atoms with E-state index in [-0.39, 0.29) is 11.9 Å². The predicted octanol–water partition coefficient (Wildman–Crippen LogP) is 5.84. The van der Waals surface area contributed by atoms with Crippen molar-refractivity contribution >= 4 is 28.2 Å². The van der Waals surface area contributed by atoms with Crippen LogP contribution < -0.4 is 10.6 Å². The fourth-order valence-electron chi connectivity index (χ4n) is 4.06. The Balaban J connectivity index is 1.62. The molecule has 168 valence electrons. The van der Waals surface area contributed by atoms with E-state index in [1.807, 2.05) is 41.2 Å². The number of para-hydroxylation sites is 1. The molecule has 0 spiro atoms. The second-order valence-corrected chi connectivity index (χ2v) is 8.82. The average Bonchev–Trinajstić information content (AvgIpc) is 3.51. The van der Waals surface area contributed by atoms with Crippen molar-refractivity contribution in [2.45, 2.75) is 52.1 Å². The number of benzene rings is 2. The molecule has 0 radical (unpaired) electrons. The van der Waals surface area contributed by atoms with E-state index in [0.29, 0.717) is 5.56 Å². The number of rotatable bonds is 8. The zero-order chi connectivity index (χ0) is 22.8. The highest BCUT2D eigenvalue weighted by Crippen LogP contribution is 2.35. The maximum Gasteiger partial charge on any atom is 0.255 e. The van der Waals surface area contributed by atoms with Crippen LogP contribution in [-0.2, 0) is 6.54 Å². The highest BCUT2D eigenvalue weighted by Gasteiger charge is 2.26. The van der Waals surface area contributed by atoms with Crippen LogP contribution in [0.5, 0.6) is 0 Å². The van der Waals surface area contributed by atoms with Gasteiger partial charge in [0.25, 0.3) is 5.91 Å². The summed E-state index contributed by atoms with van der Waals surface area (Å²) in [4.78, 5) is 17.7. The number of nitrogens with one attached hydrogen (secondary N) is 2. The van der Waals surface area contributed by atoms with Crippen LogP contribution >= 0.6 is 0 Å². The van der Waals surface area contributed by atoms with E-state index in [1.54, 1.807) is 6.20 Å². The third-order valence-electron chi connectivity index (χ3n) is 6.10. The fourth-order valence-corrected chi connectivity index (χ4v) is 4.06. The zero-order valence-electron chi connectivity index (χ0n) is 19.1. The van der Waals surface area contributed by atoms with Crippen molar-refractivity contribution in [1.29, 1.82) is 0 Å². The minimum absolute atomic E-state index is 0.0835. The summed E-state index contributed by atoms with van der Waals surface area (Å²) in [5.41, 5.74) is 6.43. The minimum atomic E-state index is -0.0835. The number of hydrogen-bond acceptors (Lipinski definition) is 4. The first-order valence-corrected chi connectivity index (χ1v) is 11.7. The number of aryl methyl sites for hydroxylation is 2. The average molecular weight is 440 g/mol. The van der Waals surface area contributed by atoms with E-state index < -0.39 is 0 Å². The summed E-state index contributed by atoms with van der Waals surface area (Å²) >= 11 is 0. The van der Waals surface area contributed by atoms with Gasteiger partial charge < -0.3 is 10.6 Å². The lowest BCUT2D eigenvalue weighted by Gasteiger charge is -2.16. The van der Waals surface area contributed by atoms with E-state index in [1.165, 1.54) is 0 Å². The Hall–Kier alpha value is -3.67. The SMILES string of the molecule is CCCCn1cc(-c2cc3c(Nc4ccccc4)c(C(=O)NC4CC4)cnc3cc2C)cn1. The van der Waals surface area contributed by atoms with E-state index >= 15 is 0 Å². The van der Waals surface area contributed by atoms with Gasteiger partial charge in [-0.2, -0.15) is 5.10 Å². The molecule has 0 aliphatic heterocycles. The molecular weight excluding hydrogens is 410 g/mol. The minimum Gasteiger partial charge on any atom is -0.354 e. The third-order valence-corrected chi connectivity index (χ3v) is 6.10. The molecule has 0 bridgehead atoms. The molecule has 1 amide bonds. The predicted molar refractivity (Wildman–Crippen MR) is 133 cm³/mol. The molecule has 0 unspecified atom stereocenters. The highest BCUT2D eigenvalue weighted by molar-refractivity contribution is 6.09. The van der Waals surface area contributed by atoms with Gasteiger partial charge in [0.1, 0.15) is 0 Å². The molecule has 6 nitrogen and oxygen atoms in total. The lowest BCUT2D eigenvalue weighted by Crippen LogP contribution is -2.26. The molecule has 0 atom stereocenters. The van der Waals surface area contributed by atoms with Crippen LogP contribution in [-0.4, -0.2) is 26.7 Å². The van der Waals surface area contributed by atoms with Crippen molar-refractivity contribution in [3.63, 3.8) is 0 Å². The molecule has 4 aromatic rings. The maximum absolute atomic E-state index is 13.1. The van der Waals surface area contributed by atoms with Crippen molar-refractivity contribution < 1.29 is 4.79 Å². The molecule has 2 heterocycles. The lowest BCUT2D eigenvalue weighted by molar-refractivity contribution is 0.0951. The number of pyridine rings is 1. The van der Waals surface area contributed by atoms with Crippen LogP contribution in [0.3, 0.4) is 0 Å². The van der Waals surface area contributed by atoms with Gasteiger partial charge in [-0.25, -0.2) is 0 Å². The number of unbranched alkanes of at least 4 members (excludes halogenated alkanes) is 1. The number of amides is 1. The van der Waals surface area contributed by atoms with Crippen molar-refractivity contribution in [3.8, 4) is 11.1 Å². The summed E-state index contributed by atoms with van der Waals surface area (Å²) in [5, 5.41) is 12.1. The number of nitrogens with zero attached hydrogens (tertiary/aromatic N) is 3. The topological polar surface area (TPSA) is 71.8 Å². The molecule has 2 aromatic heterocycles. The normalized spacial score (nSPS) is 13.3. The van der Waals surface area contributed by atoms with Crippen molar-refractivity contribution in [1.82, 2.24) is 20.1 Å².